The van der Waals surface area contributed by atoms with Crippen LogP contribution < -0.4 is 19.7 Å². The van der Waals surface area contributed by atoms with Gasteiger partial charge in [0.25, 0.3) is 11.8 Å². The molecule has 1 heterocycles. The molecule has 0 radical (unpaired) electrons. The second-order valence-corrected chi connectivity index (χ2v) is 10.3. The lowest BCUT2D eigenvalue weighted by Gasteiger charge is -2.29. The van der Waals surface area contributed by atoms with Gasteiger partial charge in [-0.1, -0.05) is 64.6 Å². The molecule has 0 atom stereocenters. The lowest BCUT2D eigenvalue weighted by Crippen LogP contribution is -2.54. The average Bonchev–Trinajstić information content (AvgIpc) is 2.90. The Morgan fingerprint density at radius 3 is 2.49 bits per heavy atom. The Morgan fingerprint density at radius 1 is 1.03 bits per heavy atom. The van der Waals surface area contributed by atoms with Crippen LogP contribution in [0.5, 0.6) is 11.5 Å². The van der Waals surface area contributed by atoms with Crippen LogP contribution in [0, 0.1) is 0 Å². The van der Waals surface area contributed by atoms with E-state index in [2.05, 4.69) is 11.9 Å². The molecule has 39 heavy (non-hydrogen) atoms. The number of rotatable bonds is 8. The van der Waals surface area contributed by atoms with Gasteiger partial charge in [0.15, 0.2) is 16.6 Å². The molecule has 0 spiro atoms. The second-order valence-electron chi connectivity index (χ2n) is 8.27. The number of anilines is 1. The molecule has 1 aliphatic heterocycles. The summed E-state index contributed by atoms with van der Waals surface area (Å²) in [7, 11) is 1.50. The number of hydrogen-bond acceptors (Lipinski definition) is 5. The van der Waals surface area contributed by atoms with Crippen molar-refractivity contribution in [2.24, 2.45) is 0 Å². The highest BCUT2D eigenvalue weighted by Crippen LogP contribution is 2.37. The minimum Gasteiger partial charge on any atom is -0.493 e. The smallest absolute Gasteiger partial charge is 0.270 e. The minimum atomic E-state index is -0.655. The Hall–Kier alpha value is -3.07. The number of carbonyl (C=O) groups is 2. The molecule has 6 nitrogen and oxygen atoms in total. The largest absolute Gasteiger partial charge is 0.493 e. The van der Waals surface area contributed by atoms with Crippen LogP contribution in [0.15, 0.2) is 66.8 Å². The third-order valence-electron chi connectivity index (χ3n) is 5.69. The lowest BCUT2D eigenvalue weighted by atomic mass is 10.0. The first kappa shape index (κ1) is 28.9. The molecule has 2 amide bonds. The Kier molecular flexibility index (Phi) is 9.20. The molecule has 0 unspecified atom stereocenters. The monoisotopic (exact) mass is 620 g/mol. The summed E-state index contributed by atoms with van der Waals surface area (Å²) in [4.78, 5) is 27.4. The molecular formula is C28H20Cl4N2O4S. The molecule has 1 fully saturated rings. The van der Waals surface area contributed by atoms with Crippen LogP contribution >= 0.6 is 58.6 Å². The molecule has 4 rings (SSSR count). The molecule has 1 N–H and O–H groups in total. The fraction of sp³-hybridized carbons (Fsp3) is 0.107. The predicted molar refractivity (Wildman–Crippen MR) is 160 cm³/mol. The number of ether oxygens (including phenoxy) is 2. The van der Waals surface area contributed by atoms with Gasteiger partial charge in [0.1, 0.15) is 12.2 Å². The van der Waals surface area contributed by atoms with Crippen molar-refractivity contribution in [2.45, 2.75) is 13.0 Å². The zero-order chi connectivity index (χ0) is 28.3. The maximum atomic E-state index is 13.5. The lowest BCUT2D eigenvalue weighted by molar-refractivity contribution is -0.122. The summed E-state index contributed by atoms with van der Waals surface area (Å²) in [6.45, 7) is 4.02. The highest BCUT2D eigenvalue weighted by atomic mass is 35.5. The molecule has 0 aromatic heterocycles. The van der Waals surface area contributed by atoms with E-state index in [0.717, 1.165) is 16.0 Å². The Balaban J connectivity index is 1.71. The van der Waals surface area contributed by atoms with E-state index in [1.54, 1.807) is 48.5 Å². The van der Waals surface area contributed by atoms with E-state index in [1.807, 2.05) is 6.07 Å². The van der Waals surface area contributed by atoms with Gasteiger partial charge in [-0.15, -0.1) is 6.58 Å². The number of methoxy groups -OCH3 is 1. The third kappa shape index (κ3) is 6.24. The number of halogens is 4. The highest BCUT2D eigenvalue weighted by Gasteiger charge is 2.35. The fourth-order valence-electron chi connectivity index (χ4n) is 3.88. The van der Waals surface area contributed by atoms with Crippen LogP contribution in [-0.4, -0.2) is 24.0 Å². The van der Waals surface area contributed by atoms with Crippen LogP contribution in [0.4, 0.5) is 5.69 Å². The fourth-order valence-corrected chi connectivity index (χ4v) is 4.86. The zero-order valence-electron chi connectivity index (χ0n) is 20.4. The number of hydrogen-bond donors (Lipinski definition) is 1. The Morgan fingerprint density at radius 2 is 1.79 bits per heavy atom. The van der Waals surface area contributed by atoms with Crippen molar-refractivity contribution in [2.75, 3.05) is 12.0 Å². The van der Waals surface area contributed by atoms with E-state index in [-0.39, 0.29) is 33.0 Å². The quantitative estimate of drug-likeness (QED) is 0.122. The van der Waals surface area contributed by atoms with Crippen molar-refractivity contribution >= 4 is 87.3 Å². The van der Waals surface area contributed by atoms with Crippen LogP contribution in [0.1, 0.15) is 16.7 Å². The Labute approximate surface area is 250 Å². The summed E-state index contributed by atoms with van der Waals surface area (Å²) in [5, 5.41) is 3.66. The summed E-state index contributed by atoms with van der Waals surface area (Å²) in [5.74, 6) is -0.422. The van der Waals surface area contributed by atoms with Gasteiger partial charge < -0.3 is 9.47 Å². The van der Waals surface area contributed by atoms with Crippen molar-refractivity contribution in [1.29, 1.82) is 0 Å². The van der Waals surface area contributed by atoms with Gasteiger partial charge in [-0.3, -0.25) is 19.8 Å². The van der Waals surface area contributed by atoms with Gasteiger partial charge in [0.2, 0.25) is 0 Å². The first-order valence-electron chi connectivity index (χ1n) is 11.4. The van der Waals surface area contributed by atoms with E-state index < -0.39 is 11.8 Å². The number of carbonyl (C=O) groups excluding carboxylic acids is 2. The number of amides is 2. The molecule has 3 aromatic carbocycles. The van der Waals surface area contributed by atoms with Gasteiger partial charge in [0.05, 0.1) is 32.9 Å². The molecule has 1 saturated heterocycles. The van der Waals surface area contributed by atoms with E-state index in [0.29, 0.717) is 33.5 Å². The molecule has 200 valence electrons. The molecule has 0 saturated carbocycles. The standard InChI is InChI=1S/C28H20Cl4N2O4S/c1-3-5-17-10-16(13-23(37-2)25(17)38-14-15-8-9-19(29)21(31)12-15)11-18-26(35)33-28(39)34(27(18)36)22-7-4-6-20(30)24(22)32/h3-4,6-13H,1,5,14H2,2H3,(H,33,35,39)/b18-11+. The zero-order valence-corrected chi connectivity index (χ0v) is 24.2. The summed E-state index contributed by atoms with van der Waals surface area (Å²) in [6, 6.07) is 13.5. The minimum absolute atomic E-state index is 0.109. The first-order valence-corrected chi connectivity index (χ1v) is 13.3. The number of benzene rings is 3. The first-order chi connectivity index (χ1) is 18.6. The SMILES string of the molecule is C=CCc1cc(/C=C2\C(=O)NC(=S)N(c3cccc(Cl)c3Cl)C2=O)cc(OC)c1OCc1ccc(Cl)c(Cl)c1. The molecule has 3 aromatic rings. The van der Waals surface area contributed by atoms with Crippen molar-refractivity contribution < 1.29 is 19.1 Å². The van der Waals surface area contributed by atoms with E-state index in [1.165, 1.54) is 13.2 Å². The van der Waals surface area contributed by atoms with Crippen molar-refractivity contribution in [3.8, 4) is 11.5 Å². The number of allylic oxidation sites excluding steroid dienone is 1. The Bertz CT molecular complexity index is 1540. The summed E-state index contributed by atoms with van der Waals surface area (Å²) in [5.41, 5.74) is 2.15. The van der Waals surface area contributed by atoms with E-state index in [4.69, 9.17) is 68.1 Å². The topological polar surface area (TPSA) is 67.9 Å². The number of nitrogens with one attached hydrogen (secondary N) is 1. The van der Waals surface area contributed by atoms with Gasteiger partial charge in [-0.25, -0.2) is 0 Å². The normalized spacial score (nSPS) is 14.4. The molecular weight excluding hydrogens is 602 g/mol. The summed E-state index contributed by atoms with van der Waals surface area (Å²) < 4.78 is 11.7. The van der Waals surface area contributed by atoms with E-state index in [9.17, 15) is 9.59 Å². The molecule has 0 aliphatic carbocycles. The van der Waals surface area contributed by atoms with Gasteiger partial charge in [-0.05, 0) is 72.2 Å². The van der Waals surface area contributed by atoms with E-state index >= 15 is 0 Å². The molecule has 1 aliphatic rings. The van der Waals surface area contributed by atoms with Crippen molar-refractivity contribution in [1.82, 2.24) is 5.32 Å². The second kappa shape index (κ2) is 12.4. The molecule has 11 heteroatoms. The van der Waals surface area contributed by atoms with Gasteiger partial charge in [-0.2, -0.15) is 0 Å². The van der Waals surface area contributed by atoms with Crippen LogP contribution in [-0.2, 0) is 22.6 Å². The van der Waals surface area contributed by atoms with Crippen LogP contribution in [0.3, 0.4) is 0 Å². The summed E-state index contributed by atoms with van der Waals surface area (Å²) in [6.07, 6.45) is 3.58. The van der Waals surface area contributed by atoms with Crippen molar-refractivity contribution in [3.63, 3.8) is 0 Å². The summed E-state index contributed by atoms with van der Waals surface area (Å²) >= 11 is 29.9. The van der Waals surface area contributed by atoms with Crippen molar-refractivity contribution in [3.05, 3.63) is 104 Å². The van der Waals surface area contributed by atoms with Gasteiger partial charge >= 0.3 is 0 Å². The van der Waals surface area contributed by atoms with Crippen LogP contribution in [0.2, 0.25) is 20.1 Å². The predicted octanol–water partition coefficient (Wildman–Crippen LogP) is 7.45. The number of nitrogens with zero attached hydrogens (tertiary/aromatic N) is 1. The average molecular weight is 622 g/mol. The third-order valence-corrected chi connectivity index (χ3v) is 7.52. The van der Waals surface area contributed by atoms with Gasteiger partial charge in [0, 0.05) is 5.56 Å². The maximum Gasteiger partial charge on any atom is 0.270 e. The number of thiocarbonyl (C=S) groups is 1. The van der Waals surface area contributed by atoms with Crippen LogP contribution in [0.25, 0.3) is 6.08 Å². The highest BCUT2D eigenvalue weighted by molar-refractivity contribution is 7.80. The maximum absolute atomic E-state index is 13.5. The molecule has 0 bridgehead atoms.